The van der Waals surface area contributed by atoms with Crippen LogP contribution in [0.15, 0.2) is 47.4 Å². The van der Waals surface area contributed by atoms with Crippen LogP contribution in [-0.2, 0) is 21.9 Å². The van der Waals surface area contributed by atoms with Gasteiger partial charge in [0.05, 0.1) is 16.2 Å². The predicted molar refractivity (Wildman–Crippen MR) is 137 cm³/mol. The van der Waals surface area contributed by atoms with Crippen molar-refractivity contribution in [2.24, 2.45) is 0 Å². The average molecular weight is 501 g/mol. The van der Waals surface area contributed by atoms with E-state index in [1.165, 1.54) is 17.7 Å². The Morgan fingerprint density at radius 3 is 2.32 bits per heavy atom. The fraction of sp³-hybridized carbons (Fsp3) is 0.385. The molecule has 0 aliphatic heterocycles. The Balaban J connectivity index is 1.71. The van der Waals surface area contributed by atoms with Gasteiger partial charge >= 0.3 is 5.97 Å². The zero-order valence-corrected chi connectivity index (χ0v) is 22.1. The van der Waals surface area contributed by atoms with Gasteiger partial charge in [0, 0.05) is 23.4 Å². The monoisotopic (exact) mass is 500 g/mol. The first kappa shape index (κ1) is 26.1. The van der Waals surface area contributed by atoms with Crippen LogP contribution in [-0.4, -0.2) is 31.0 Å². The molecule has 3 rings (SSSR count). The number of benzene rings is 2. The first-order valence-electron chi connectivity index (χ1n) is 11.2. The number of carbonyl (C=O) groups is 1. The van der Waals surface area contributed by atoms with Crippen molar-refractivity contribution in [3.8, 4) is 10.6 Å². The molecule has 2 aromatic carbocycles. The lowest BCUT2D eigenvalue weighted by molar-refractivity contribution is 0.0695. The third-order valence-electron chi connectivity index (χ3n) is 5.73. The molecule has 0 atom stereocenters. The number of thiazole rings is 1. The molecule has 3 aromatic rings. The number of carboxylic acid groups (broad SMARTS) is 1. The van der Waals surface area contributed by atoms with E-state index in [1.54, 1.807) is 17.4 Å². The maximum atomic E-state index is 12.8. The first-order valence-corrected chi connectivity index (χ1v) is 13.5. The Labute approximate surface area is 206 Å². The van der Waals surface area contributed by atoms with Crippen LogP contribution in [0.3, 0.4) is 0 Å². The van der Waals surface area contributed by atoms with Gasteiger partial charge in [-0.25, -0.2) is 22.9 Å². The summed E-state index contributed by atoms with van der Waals surface area (Å²) in [6.07, 6.45) is 0.442. The minimum atomic E-state index is -3.84. The van der Waals surface area contributed by atoms with Gasteiger partial charge in [-0.05, 0) is 41.5 Å². The average Bonchev–Trinajstić information content (AvgIpc) is 3.13. The number of hydrogen-bond donors (Lipinski definition) is 2. The molecule has 34 heavy (non-hydrogen) atoms. The van der Waals surface area contributed by atoms with Crippen LogP contribution in [0.4, 0.5) is 0 Å². The molecule has 0 aliphatic rings. The standard InChI is InChI=1S/C26H32N2O4S2/c1-16(2)21-12-11-20(15-22(21)25(29)30)34(31,32)27-14-13-23-17(3)33-24(28-23)18-7-9-19(10-8-18)26(4,5)6/h7-12,15-16,27H,13-14H2,1-6H3,(H,29,30). The summed E-state index contributed by atoms with van der Waals surface area (Å²) in [6.45, 7) is 12.4. The minimum absolute atomic E-state index is 0.00958. The van der Waals surface area contributed by atoms with Crippen molar-refractivity contribution in [2.45, 2.75) is 64.2 Å². The summed E-state index contributed by atoms with van der Waals surface area (Å²) >= 11 is 1.59. The molecular weight excluding hydrogens is 468 g/mol. The molecule has 2 N–H and O–H groups in total. The van der Waals surface area contributed by atoms with E-state index in [4.69, 9.17) is 4.98 Å². The SMILES string of the molecule is Cc1sc(-c2ccc(C(C)(C)C)cc2)nc1CCNS(=O)(=O)c1ccc(C(C)C)c(C(=O)O)c1. The van der Waals surface area contributed by atoms with Crippen molar-refractivity contribution in [3.05, 3.63) is 69.7 Å². The van der Waals surface area contributed by atoms with Crippen molar-refractivity contribution in [1.82, 2.24) is 9.71 Å². The van der Waals surface area contributed by atoms with Crippen LogP contribution in [0.1, 0.15) is 72.6 Å². The van der Waals surface area contributed by atoms with E-state index >= 15 is 0 Å². The van der Waals surface area contributed by atoms with Gasteiger partial charge in [-0.1, -0.05) is 65.0 Å². The molecule has 6 nitrogen and oxygen atoms in total. The van der Waals surface area contributed by atoms with Crippen molar-refractivity contribution in [1.29, 1.82) is 0 Å². The van der Waals surface area contributed by atoms with E-state index < -0.39 is 16.0 Å². The van der Waals surface area contributed by atoms with Crippen LogP contribution < -0.4 is 4.72 Å². The number of nitrogens with one attached hydrogen (secondary N) is 1. The molecule has 0 bridgehead atoms. The number of sulfonamides is 1. The second-order valence-corrected chi connectivity index (χ2v) is 12.7. The Kier molecular flexibility index (Phi) is 7.65. The van der Waals surface area contributed by atoms with Crippen LogP contribution in [0, 0.1) is 6.92 Å². The first-order chi connectivity index (χ1) is 15.8. The van der Waals surface area contributed by atoms with Crippen LogP contribution in [0.2, 0.25) is 0 Å². The number of carboxylic acids is 1. The summed E-state index contributed by atoms with van der Waals surface area (Å²) in [4.78, 5) is 17.3. The molecule has 0 fully saturated rings. The van der Waals surface area contributed by atoms with Crippen LogP contribution in [0.5, 0.6) is 0 Å². The largest absolute Gasteiger partial charge is 0.478 e. The summed E-state index contributed by atoms with van der Waals surface area (Å²) in [5.74, 6) is -1.16. The van der Waals surface area contributed by atoms with Gasteiger partial charge in [-0.2, -0.15) is 0 Å². The number of aromatic carboxylic acids is 1. The molecule has 0 aliphatic carbocycles. The highest BCUT2D eigenvalue weighted by atomic mass is 32.2. The quantitative estimate of drug-likeness (QED) is 0.410. The highest BCUT2D eigenvalue weighted by Gasteiger charge is 2.20. The highest BCUT2D eigenvalue weighted by Crippen LogP contribution is 2.30. The van der Waals surface area contributed by atoms with E-state index in [1.807, 2.05) is 20.8 Å². The van der Waals surface area contributed by atoms with Gasteiger partial charge < -0.3 is 5.11 Å². The number of hydrogen-bond acceptors (Lipinski definition) is 5. The molecular formula is C26H32N2O4S2. The number of aromatic nitrogens is 1. The topological polar surface area (TPSA) is 96.4 Å². The maximum Gasteiger partial charge on any atom is 0.336 e. The highest BCUT2D eigenvalue weighted by molar-refractivity contribution is 7.89. The molecule has 0 unspecified atom stereocenters. The van der Waals surface area contributed by atoms with E-state index in [9.17, 15) is 18.3 Å². The zero-order valence-electron chi connectivity index (χ0n) is 20.5. The Morgan fingerprint density at radius 1 is 1.12 bits per heavy atom. The van der Waals surface area contributed by atoms with Gasteiger partial charge in [0.2, 0.25) is 10.0 Å². The van der Waals surface area contributed by atoms with Crippen molar-refractivity contribution in [2.75, 3.05) is 6.54 Å². The number of aryl methyl sites for hydroxylation is 1. The molecule has 0 spiro atoms. The van der Waals surface area contributed by atoms with E-state index in [2.05, 4.69) is 49.8 Å². The van der Waals surface area contributed by atoms with E-state index in [0.29, 0.717) is 12.0 Å². The van der Waals surface area contributed by atoms with Gasteiger partial charge in [-0.15, -0.1) is 11.3 Å². The second kappa shape index (κ2) is 9.98. The third-order valence-corrected chi connectivity index (χ3v) is 8.25. The lowest BCUT2D eigenvalue weighted by atomic mass is 9.87. The molecule has 0 saturated carbocycles. The molecule has 0 amide bonds. The maximum absolute atomic E-state index is 12.8. The molecule has 8 heteroatoms. The molecule has 182 valence electrons. The minimum Gasteiger partial charge on any atom is -0.478 e. The van der Waals surface area contributed by atoms with Gasteiger partial charge in [0.15, 0.2) is 0 Å². The summed E-state index contributed by atoms with van der Waals surface area (Å²) in [5.41, 5.74) is 3.85. The van der Waals surface area contributed by atoms with Crippen LogP contribution >= 0.6 is 11.3 Å². The Hall–Kier alpha value is -2.55. The summed E-state index contributed by atoms with van der Waals surface area (Å²) < 4.78 is 28.1. The van der Waals surface area contributed by atoms with E-state index in [0.717, 1.165) is 21.1 Å². The summed E-state index contributed by atoms with van der Waals surface area (Å²) in [5, 5.41) is 10.4. The van der Waals surface area contributed by atoms with Crippen molar-refractivity contribution in [3.63, 3.8) is 0 Å². The van der Waals surface area contributed by atoms with Gasteiger partial charge in [-0.3, -0.25) is 0 Å². The summed E-state index contributed by atoms with van der Waals surface area (Å²) in [6, 6.07) is 12.7. The van der Waals surface area contributed by atoms with Gasteiger partial charge in [0.25, 0.3) is 0 Å². The Morgan fingerprint density at radius 2 is 1.76 bits per heavy atom. The fourth-order valence-corrected chi connectivity index (χ4v) is 5.70. The lowest BCUT2D eigenvalue weighted by Gasteiger charge is -2.18. The van der Waals surface area contributed by atoms with Crippen molar-refractivity contribution >= 4 is 27.3 Å². The molecule has 1 heterocycles. The summed E-state index contributed by atoms with van der Waals surface area (Å²) in [7, 11) is -3.84. The third kappa shape index (κ3) is 5.92. The van der Waals surface area contributed by atoms with Gasteiger partial charge in [0.1, 0.15) is 5.01 Å². The molecule has 1 aromatic heterocycles. The lowest BCUT2D eigenvalue weighted by Crippen LogP contribution is -2.26. The molecule has 0 saturated heterocycles. The normalized spacial score (nSPS) is 12.3. The number of rotatable bonds is 8. The number of nitrogens with zero attached hydrogens (tertiary/aromatic N) is 1. The van der Waals surface area contributed by atoms with Crippen molar-refractivity contribution < 1.29 is 18.3 Å². The molecule has 0 radical (unpaired) electrons. The fourth-order valence-electron chi connectivity index (χ4n) is 3.67. The Bertz CT molecular complexity index is 1290. The van der Waals surface area contributed by atoms with E-state index in [-0.39, 0.29) is 28.3 Å². The second-order valence-electron chi connectivity index (χ2n) is 9.71. The van der Waals surface area contributed by atoms with Crippen LogP contribution in [0.25, 0.3) is 10.6 Å². The predicted octanol–water partition coefficient (Wildman–Crippen LogP) is 5.76. The zero-order chi connectivity index (χ0) is 25.3. The smallest absolute Gasteiger partial charge is 0.336 e.